The summed E-state index contributed by atoms with van der Waals surface area (Å²) in [6.45, 7) is 6.93. The average molecular weight is 378 g/mol. The van der Waals surface area contributed by atoms with Crippen molar-refractivity contribution in [1.29, 1.82) is 0 Å². The standard InChI is InChI=1S/C19H26N2O6/c1-5-26-18(24)16(21-25)20-17(23)14(13-9-7-6-8-10-13)11-12-15(22)27-19(2,3)4/h6-10,14,25H,5,11-12H2,1-4H3,(H,20,21,23). The average Bonchev–Trinajstić information content (AvgIpc) is 2.59. The smallest absolute Gasteiger partial charge is 0.377 e. The molecular formula is C19H26N2O6. The number of esters is 2. The summed E-state index contributed by atoms with van der Waals surface area (Å²) in [6, 6.07) is 8.79. The molecule has 148 valence electrons. The lowest BCUT2D eigenvalue weighted by atomic mass is 9.93. The van der Waals surface area contributed by atoms with E-state index in [9.17, 15) is 14.4 Å². The van der Waals surface area contributed by atoms with Crippen LogP contribution in [0.15, 0.2) is 35.5 Å². The van der Waals surface area contributed by atoms with Gasteiger partial charge in [0.15, 0.2) is 0 Å². The van der Waals surface area contributed by atoms with E-state index >= 15 is 0 Å². The molecule has 1 atom stereocenters. The first-order valence-electron chi connectivity index (χ1n) is 8.64. The predicted molar refractivity (Wildman–Crippen MR) is 98.3 cm³/mol. The van der Waals surface area contributed by atoms with Crippen LogP contribution in [0.3, 0.4) is 0 Å². The molecule has 0 heterocycles. The molecule has 1 amide bonds. The van der Waals surface area contributed by atoms with Crippen molar-refractivity contribution in [1.82, 2.24) is 5.32 Å². The zero-order valence-corrected chi connectivity index (χ0v) is 16.0. The highest BCUT2D eigenvalue weighted by atomic mass is 16.6. The summed E-state index contributed by atoms with van der Waals surface area (Å²) in [5, 5.41) is 14.0. The number of hydrogen-bond donors (Lipinski definition) is 2. The zero-order valence-electron chi connectivity index (χ0n) is 16.0. The van der Waals surface area contributed by atoms with E-state index < -0.39 is 35.2 Å². The second-order valence-electron chi connectivity index (χ2n) is 6.75. The van der Waals surface area contributed by atoms with E-state index in [4.69, 9.17) is 14.7 Å². The number of rotatable bonds is 6. The van der Waals surface area contributed by atoms with Crippen molar-refractivity contribution in [2.75, 3.05) is 6.61 Å². The first-order chi connectivity index (χ1) is 12.7. The molecular weight excluding hydrogens is 352 g/mol. The first-order valence-corrected chi connectivity index (χ1v) is 8.64. The van der Waals surface area contributed by atoms with E-state index in [1.54, 1.807) is 58.0 Å². The minimum absolute atomic E-state index is 0.00919. The summed E-state index contributed by atoms with van der Waals surface area (Å²) < 4.78 is 9.98. The minimum Gasteiger partial charge on any atom is -0.460 e. The Hall–Kier alpha value is -2.90. The second-order valence-corrected chi connectivity index (χ2v) is 6.75. The second kappa shape index (κ2) is 10.3. The van der Waals surface area contributed by atoms with Gasteiger partial charge in [0.1, 0.15) is 5.60 Å². The molecule has 8 heteroatoms. The van der Waals surface area contributed by atoms with Crippen molar-refractivity contribution >= 4 is 23.7 Å². The van der Waals surface area contributed by atoms with E-state index in [-0.39, 0.29) is 19.4 Å². The normalized spacial score (nSPS) is 12.8. The fourth-order valence-corrected chi connectivity index (χ4v) is 2.31. The number of amides is 1. The van der Waals surface area contributed by atoms with E-state index in [1.165, 1.54) is 0 Å². The van der Waals surface area contributed by atoms with Gasteiger partial charge in [-0.3, -0.25) is 9.59 Å². The molecule has 1 aromatic rings. The summed E-state index contributed by atoms with van der Waals surface area (Å²) in [7, 11) is 0. The Morgan fingerprint density at radius 2 is 1.81 bits per heavy atom. The Morgan fingerprint density at radius 3 is 2.33 bits per heavy atom. The van der Waals surface area contributed by atoms with Crippen LogP contribution in [0.2, 0.25) is 0 Å². The highest BCUT2D eigenvalue weighted by Crippen LogP contribution is 2.22. The molecule has 0 fully saturated rings. The van der Waals surface area contributed by atoms with Crippen molar-refractivity contribution in [2.24, 2.45) is 5.16 Å². The monoisotopic (exact) mass is 378 g/mol. The van der Waals surface area contributed by atoms with E-state index in [0.717, 1.165) is 0 Å². The fraction of sp³-hybridized carbons (Fsp3) is 0.474. The van der Waals surface area contributed by atoms with Gasteiger partial charge in [0.25, 0.3) is 5.84 Å². The van der Waals surface area contributed by atoms with E-state index in [0.29, 0.717) is 5.56 Å². The molecule has 1 unspecified atom stereocenters. The van der Waals surface area contributed by atoms with Crippen LogP contribution in [0.25, 0.3) is 0 Å². The molecule has 0 saturated heterocycles. The third-order valence-electron chi connectivity index (χ3n) is 3.39. The molecule has 27 heavy (non-hydrogen) atoms. The van der Waals surface area contributed by atoms with Crippen molar-refractivity contribution in [3.05, 3.63) is 35.9 Å². The predicted octanol–water partition coefficient (Wildman–Crippen LogP) is 2.36. The lowest BCUT2D eigenvalue weighted by Crippen LogP contribution is -2.40. The van der Waals surface area contributed by atoms with Gasteiger partial charge in [-0.15, -0.1) is 0 Å². The Morgan fingerprint density at radius 1 is 1.19 bits per heavy atom. The summed E-state index contributed by atoms with van der Waals surface area (Å²) in [5.41, 5.74) is 0.0297. The lowest BCUT2D eigenvalue weighted by Gasteiger charge is -2.21. The van der Waals surface area contributed by atoms with Crippen LogP contribution in [-0.4, -0.2) is 41.1 Å². The van der Waals surface area contributed by atoms with Gasteiger partial charge in [-0.2, -0.15) is 0 Å². The zero-order chi connectivity index (χ0) is 20.4. The Labute approximate surface area is 158 Å². The van der Waals surface area contributed by atoms with Crippen LogP contribution < -0.4 is 5.32 Å². The molecule has 0 spiro atoms. The van der Waals surface area contributed by atoms with Gasteiger partial charge in [-0.05, 0) is 39.7 Å². The number of hydrogen-bond acceptors (Lipinski definition) is 7. The summed E-state index contributed by atoms with van der Waals surface area (Å²) in [4.78, 5) is 36.3. The van der Waals surface area contributed by atoms with Gasteiger partial charge in [0.2, 0.25) is 5.91 Å². The van der Waals surface area contributed by atoms with Crippen LogP contribution in [0.1, 0.15) is 52.0 Å². The van der Waals surface area contributed by atoms with Crippen molar-refractivity contribution in [2.45, 2.75) is 52.1 Å². The number of benzene rings is 1. The van der Waals surface area contributed by atoms with Gasteiger partial charge in [-0.25, -0.2) is 4.79 Å². The van der Waals surface area contributed by atoms with Crippen molar-refractivity contribution in [3.8, 4) is 0 Å². The maximum absolute atomic E-state index is 12.7. The topological polar surface area (TPSA) is 114 Å². The van der Waals surface area contributed by atoms with Crippen LogP contribution >= 0.6 is 0 Å². The Balaban J connectivity index is 2.90. The molecule has 0 bridgehead atoms. The lowest BCUT2D eigenvalue weighted by molar-refractivity contribution is -0.155. The number of carbonyl (C=O) groups is 3. The van der Waals surface area contributed by atoms with Gasteiger partial charge >= 0.3 is 11.9 Å². The quantitative estimate of drug-likeness (QED) is 0.258. The number of amidine groups is 1. The molecule has 0 saturated carbocycles. The van der Waals surface area contributed by atoms with Crippen molar-refractivity contribution in [3.63, 3.8) is 0 Å². The molecule has 0 aliphatic heterocycles. The molecule has 0 aliphatic carbocycles. The van der Waals surface area contributed by atoms with Gasteiger partial charge in [0.05, 0.1) is 12.5 Å². The summed E-state index contributed by atoms with van der Waals surface area (Å²) in [6.07, 6.45) is 0.168. The maximum atomic E-state index is 12.7. The van der Waals surface area contributed by atoms with E-state index in [1.807, 2.05) is 0 Å². The van der Waals surface area contributed by atoms with Crippen LogP contribution in [-0.2, 0) is 23.9 Å². The maximum Gasteiger partial charge on any atom is 0.377 e. The molecule has 1 aromatic carbocycles. The number of nitrogens with zero attached hydrogens (tertiary/aromatic N) is 1. The molecule has 2 N–H and O–H groups in total. The molecule has 0 aliphatic rings. The van der Waals surface area contributed by atoms with Gasteiger partial charge in [-0.1, -0.05) is 35.5 Å². The van der Waals surface area contributed by atoms with Gasteiger partial charge in [0, 0.05) is 6.42 Å². The molecule has 0 aromatic heterocycles. The van der Waals surface area contributed by atoms with Gasteiger partial charge < -0.3 is 20.0 Å². The number of carbonyl (C=O) groups excluding carboxylic acids is 3. The van der Waals surface area contributed by atoms with Crippen LogP contribution in [0, 0.1) is 0 Å². The largest absolute Gasteiger partial charge is 0.460 e. The molecule has 8 nitrogen and oxygen atoms in total. The first kappa shape index (κ1) is 22.1. The molecule has 0 radical (unpaired) electrons. The summed E-state index contributed by atoms with van der Waals surface area (Å²) in [5.74, 6) is -3.33. The SMILES string of the molecule is CCOC(=O)/C(=N\O)NC(=O)C(CCC(=O)OC(C)(C)C)c1ccccc1. The third-order valence-corrected chi connectivity index (χ3v) is 3.39. The van der Waals surface area contributed by atoms with Crippen LogP contribution in [0.4, 0.5) is 0 Å². The Kier molecular flexibility index (Phi) is 8.44. The highest BCUT2D eigenvalue weighted by Gasteiger charge is 2.26. The fourth-order valence-electron chi connectivity index (χ4n) is 2.31. The number of oxime groups is 1. The highest BCUT2D eigenvalue weighted by molar-refractivity contribution is 6.38. The van der Waals surface area contributed by atoms with Crippen LogP contribution in [0.5, 0.6) is 0 Å². The number of ether oxygens (including phenoxy) is 2. The minimum atomic E-state index is -0.952. The summed E-state index contributed by atoms with van der Waals surface area (Å²) >= 11 is 0. The third kappa shape index (κ3) is 7.89. The Bertz CT molecular complexity index is 679. The molecule has 1 rings (SSSR count). The van der Waals surface area contributed by atoms with E-state index in [2.05, 4.69) is 10.5 Å². The number of nitrogens with one attached hydrogen (secondary N) is 1. The van der Waals surface area contributed by atoms with Crippen molar-refractivity contribution < 1.29 is 29.1 Å².